The number of rotatable bonds is 15. The zero-order valence-corrected chi connectivity index (χ0v) is 19.3. The molecule has 1 aliphatic rings. The molecule has 184 valence electrons. The molecule has 1 N–H and O–H groups in total. The molecule has 0 heterocycles. The van der Waals surface area contributed by atoms with Crippen molar-refractivity contribution in [2.24, 2.45) is 0 Å². The molecule has 1 saturated carbocycles. The van der Waals surface area contributed by atoms with Gasteiger partial charge in [-0.15, -0.1) is 0 Å². The molecule has 0 aliphatic heterocycles. The first kappa shape index (κ1) is 29.7. The van der Waals surface area contributed by atoms with Gasteiger partial charge in [0.05, 0.1) is 32.8 Å². The monoisotopic (exact) mass is 465 g/mol. The average Bonchev–Trinajstić information content (AvgIpc) is 2.69. The summed E-state index contributed by atoms with van der Waals surface area (Å²) in [7, 11) is 0. The zero-order chi connectivity index (χ0) is 22.2. The van der Waals surface area contributed by atoms with Gasteiger partial charge in [0.25, 0.3) is 0 Å². The van der Waals surface area contributed by atoms with Crippen LogP contribution in [0.3, 0.4) is 0 Å². The summed E-state index contributed by atoms with van der Waals surface area (Å²) >= 11 is 2.02. The third-order valence-electron chi connectivity index (χ3n) is 4.47. The summed E-state index contributed by atoms with van der Waals surface area (Å²) in [4.78, 5) is 33.9. The first-order valence-electron chi connectivity index (χ1n) is 10.8. The third-order valence-corrected chi connectivity index (χ3v) is 5.87. The maximum Gasteiger partial charge on any atom is 0.407 e. The van der Waals surface area contributed by atoms with Crippen molar-refractivity contribution in [2.75, 3.05) is 39.6 Å². The molecule has 0 aromatic heterocycles. The smallest absolute Gasteiger partial charge is 0.407 e. The number of carbonyl (C=O) groups excluding carboxylic acids is 3. The molecule has 0 bridgehead atoms. The number of Topliss-reactive ketones (excluding diaryl/α,β-unsaturated/α-hetero) is 1. The van der Waals surface area contributed by atoms with Gasteiger partial charge in [-0.25, -0.2) is 4.79 Å². The molecular formula is C22H43NO7S. The first-order chi connectivity index (χ1) is 14.4. The highest BCUT2D eigenvalue weighted by Gasteiger charge is 2.23. The molecule has 8 nitrogen and oxygen atoms in total. The lowest BCUT2D eigenvalue weighted by Crippen LogP contribution is -2.39. The predicted molar refractivity (Wildman–Crippen MR) is 125 cm³/mol. The van der Waals surface area contributed by atoms with Crippen molar-refractivity contribution in [2.45, 2.75) is 83.3 Å². The molecule has 0 atom stereocenters. The van der Waals surface area contributed by atoms with Crippen molar-refractivity contribution >= 4 is 29.6 Å². The van der Waals surface area contributed by atoms with E-state index in [0.717, 1.165) is 25.7 Å². The van der Waals surface area contributed by atoms with Gasteiger partial charge in [0.1, 0.15) is 19.0 Å². The highest BCUT2D eigenvalue weighted by atomic mass is 32.2. The Hall–Kier alpha value is -1.32. The van der Waals surface area contributed by atoms with Crippen molar-refractivity contribution in [1.82, 2.24) is 5.32 Å². The van der Waals surface area contributed by atoms with Gasteiger partial charge in [-0.1, -0.05) is 21.3 Å². The van der Waals surface area contributed by atoms with Gasteiger partial charge in [-0.05, 0) is 37.9 Å². The Morgan fingerprint density at radius 2 is 1.45 bits per heavy atom. The van der Waals surface area contributed by atoms with Crippen molar-refractivity contribution in [1.29, 1.82) is 0 Å². The van der Waals surface area contributed by atoms with Crippen LogP contribution < -0.4 is 5.32 Å². The molecule has 0 aromatic carbocycles. The van der Waals surface area contributed by atoms with E-state index in [0.29, 0.717) is 30.3 Å². The maximum absolute atomic E-state index is 11.8. The summed E-state index contributed by atoms with van der Waals surface area (Å²) in [5.74, 6) is -0.437. The largest absolute Gasteiger partial charge is 0.463 e. The number of esters is 1. The highest BCUT2D eigenvalue weighted by Crippen LogP contribution is 2.31. The number of amides is 1. The van der Waals surface area contributed by atoms with Gasteiger partial charge in [0.15, 0.2) is 0 Å². The van der Waals surface area contributed by atoms with Gasteiger partial charge < -0.3 is 29.1 Å². The van der Waals surface area contributed by atoms with E-state index < -0.39 is 5.97 Å². The normalized spacial score (nSPS) is 18.2. The Balaban J connectivity index is 0. The summed E-state index contributed by atoms with van der Waals surface area (Å²) in [6.45, 7) is 7.51. The van der Waals surface area contributed by atoms with Gasteiger partial charge in [-0.3, -0.25) is 4.79 Å². The average molecular weight is 466 g/mol. The van der Waals surface area contributed by atoms with Crippen LogP contribution >= 0.6 is 11.8 Å². The molecule has 9 heteroatoms. The van der Waals surface area contributed by atoms with E-state index in [2.05, 4.69) is 19.2 Å². The second-order valence-corrected chi connectivity index (χ2v) is 9.47. The minimum Gasteiger partial charge on any atom is -0.463 e. The predicted octanol–water partition coefficient (Wildman–Crippen LogP) is 3.99. The van der Waals surface area contributed by atoms with E-state index in [4.69, 9.17) is 18.9 Å². The number of ether oxygens (including phenoxy) is 4. The van der Waals surface area contributed by atoms with E-state index in [1.807, 2.05) is 11.8 Å². The summed E-state index contributed by atoms with van der Waals surface area (Å²) < 4.78 is 20.7. The highest BCUT2D eigenvalue weighted by molar-refractivity contribution is 8.00. The maximum atomic E-state index is 11.8. The molecule has 0 unspecified atom stereocenters. The summed E-state index contributed by atoms with van der Waals surface area (Å²) in [5.41, 5.74) is 0. The lowest BCUT2D eigenvalue weighted by Gasteiger charge is -2.29. The third kappa shape index (κ3) is 17.0. The van der Waals surface area contributed by atoms with Crippen LogP contribution in [0.15, 0.2) is 0 Å². The first-order valence-corrected chi connectivity index (χ1v) is 11.7. The lowest BCUT2D eigenvalue weighted by molar-refractivity contribution is -0.146. The zero-order valence-electron chi connectivity index (χ0n) is 18.5. The van der Waals surface area contributed by atoms with Crippen molar-refractivity contribution in [3.8, 4) is 0 Å². The van der Waals surface area contributed by atoms with E-state index in [9.17, 15) is 14.4 Å². The van der Waals surface area contributed by atoms with Gasteiger partial charge >= 0.3 is 12.1 Å². The number of hydrogen-bond donors (Lipinski definition) is 1. The van der Waals surface area contributed by atoms with Gasteiger partial charge in [0.2, 0.25) is 0 Å². The Morgan fingerprint density at radius 1 is 0.903 bits per heavy atom. The summed E-state index contributed by atoms with van der Waals surface area (Å²) in [5, 5.41) is 4.28. The number of thioether (sulfide) groups is 1. The standard InChI is InChI=1S/C21H37NO7S.CH4.H2/c1-16(2)30-19-7-5-18(6-8-19)22-21(25)29-15-13-27-11-10-26-12-14-28-20(24)9-4-17(3)23;;/h16,18-19H,4-15H2,1-3H3,(H,22,25);1H4;1H. The van der Waals surface area contributed by atoms with Crippen LogP contribution in [0.25, 0.3) is 0 Å². The van der Waals surface area contributed by atoms with E-state index >= 15 is 0 Å². The van der Waals surface area contributed by atoms with Crippen LogP contribution in [0.2, 0.25) is 0 Å². The van der Waals surface area contributed by atoms with Crippen LogP contribution in [-0.4, -0.2) is 74.0 Å². The van der Waals surface area contributed by atoms with Crippen molar-refractivity contribution in [3.05, 3.63) is 0 Å². The second kappa shape index (κ2) is 18.3. The van der Waals surface area contributed by atoms with Crippen LogP contribution in [0, 0.1) is 0 Å². The second-order valence-electron chi connectivity index (χ2n) is 7.59. The lowest BCUT2D eigenvalue weighted by atomic mass is 9.95. The summed E-state index contributed by atoms with van der Waals surface area (Å²) in [6, 6.07) is 0.201. The molecule has 1 aliphatic carbocycles. The van der Waals surface area contributed by atoms with Crippen LogP contribution in [0.4, 0.5) is 4.79 Å². The molecule has 0 aromatic rings. The van der Waals surface area contributed by atoms with Gasteiger partial charge in [0, 0.05) is 19.1 Å². The topological polar surface area (TPSA) is 100 Å². The number of hydrogen-bond acceptors (Lipinski definition) is 8. The molecule has 1 amide bonds. The molecule has 31 heavy (non-hydrogen) atoms. The van der Waals surface area contributed by atoms with E-state index in [1.165, 1.54) is 6.92 Å². The minimum absolute atomic E-state index is 0. The Morgan fingerprint density at radius 3 is 2.00 bits per heavy atom. The fourth-order valence-electron chi connectivity index (χ4n) is 3.02. The molecule has 1 fully saturated rings. The van der Waals surface area contributed by atoms with E-state index in [-0.39, 0.29) is 59.4 Å². The molecule has 0 saturated heterocycles. The number of alkyl carbamates (subject to hydrolysis) is 1. The fourth-order valence-corrected chi connectivity index (χ4v) is 4.33. The SMILES string of the molecule is C.CC(=O)CCC(=O)OCCOCCOCCOC(=O)NC1CCC(SC(C)C)CC1.[HH]. The minimum atomic E-state index is -0.400. The van der Waals surface area contributed by atoms with Crippen LogP contribution in [0.5, 0.6) is 0 Å². The summed E-state index contributed by atoms with van der Waals surface area (Å²) in [6.07, 6.45) is 4.18. The van der Waals surface area contributed by atoms with Crippen molar-refractivity contribution < 1.29 is 34.8 Å². The van der Waals surface area contributed by atoms with Crippen LogP contribution in [-0.2, 0) is 28.5 Å². The molecule has 1 rings (SSSR count). The van der Waals surface area contributed by atoms with Crippen molar-refractivity contribution in [3.63, 3.8) is 0 Å². The quantitative estimate of drug-likeness (QED) is 0.286. The Labute approximate surface area is 192 Å². The Kier molecular flexibility index (Phi) is 17.5. The fraction of sp³-hybridized carbons (Fsp3) is 0.864. The number of ketones is 1. The Bertz CT molecular complexity index is 515. The molecule has 0 radical (unpaired) electrons. The van der Waals surface area contributed by atoms with Gasteiger partial charge in [-0.2, -0.15) is 11.8 Å². The molecular weight excluding hydrogens is 422 g/mol. The molecule has 0 spiro atoms. The van der Waals surface area contributed by atoms with E-state index in [1.54, 1.807) is 0 Å². The number of carbonyl (C=O) groups is 3. The van der Waals surface area contributed by atoms with Crippen LogP contribution in [0.1, 0.15) is 68.1 Å². The number of nitrogens with one attached hydrogen (secondary N) is 1.